The van der Waals surface area contributed by atoms with Crippen molar-refractivity contribution in [3.63, 3.8) is 0 Å². The molecule has 0 bridgehead atoms. The third kappa shape index (κ3) is 13.1. The molecule has 1 aliphatic rings. The molecule has 12 heteroatoms. The zero-order chi connectivity index (χ0) is 26.3. The molecule has 0 aromatic carbocycles. The van der Waals surface area contributed by atoms with E-state index in [0.717, 1.165) is 19.8 Å². The molecule has 0 aromatic rings. The van der Waals surface area contributed by atoms with E-state index in [4.69, 9.17) is 4.74 Å². The average Bonchev–Trinajstić information content (AvgIpc) is 3.10. The van der Waals surface area contributed by atoms with Crippen LogP contribution in [0.4, 0.5) is 8.78 Å². The van der Waals surface area contributed by atoms with Gasteiger partial charge in [0.1, 0.15) is 0 Å². The van der Waals surface area contributed by atoms with E-state index in [2.05, 4.69) is 15.5 Å². The molecule has 1 rings (SSSR count). The topological polar surface area (TPSA) is 131 Å². The number of hydroxylamine groups is 2. The first-order valence-electron chi connectivity index (χ1n) is 12.1. The van der Waals surface area contributed by atoms with Crippen LogP contribution in [0.5, 0.6) is 0 Å². The molecule has 1 atom stereocenters. The van der Waals surface area contributed by atoms with E-state index in [1.165, 1.54) is 0 Å². The van der Waals surface area contributed by atoms with Crippen LogP contribution in [0.1, 0.15) is 78.1 Å². The summed E-state index contributed by atoms with van der Waals surface area (Å²) in [4.78, 5) is 62.8. The van der Waals surface area contributed by atoms with Gasteiger partial charge in [0.2, 0.25) is 17.7 Å². The normalized spacial score (nSPS) is 14.7. The number of imide groups is 1. The Morgan fingerprint density at radius 1 is 0.971 bits per heavy atom. The van der Waals surface area contributed by atoms with Gasteiger partial charge in [-0.25, -0.2) is 13.6 Å². The molecule has 2 N–H and O–H groups in total. The molecule has 10 nitrogen and oxygen atoms in total. The standard InChI is InChI=1S/C23H37F2N3O7/c1-3-4-5-7-17(23(2,24)25)16-19(30)26-12-6-14-34-15-13-27-18(29)8-11-22(33)35-28-20(31)9-10-21(28)32/h17H,3-16H2,1-2H3,(H,26,30)(H,27,29). The summed E-state index contributed by atoms with van der Waals surface area (Å²) in [6.45, 7) is 3.87. The summed E-state index contributed by atoms with van der Waals surface area (Å²) in [6, 6.07) is 0. The van der Waals surface area contributed by atoms with E-state index in [0.29, 0.717) is 37.5 Å². The lowest BCUT2D eigenvalue weighted by molar-refractivity contribution is -0.197. The van der Waals surface area contributed by atoms with Crippen molar-refractivity contribution in [2.45, 2.75) is 84.0 Å². The molecular formula is C23H37F2N3O7. The quantitative estimate of drug-likeness (QED) is 0.216. The first-order chi connectivity index (χ1) is 16.5. The van der Waals surface area contributed by atoms with E-state index >= 15 is 0 Å². The molecule has 1 fully saturated rings. The van der Waals surface area contributed by atoms with Crippen molar-refractivity contribution in [2.24, 2.45) is 5.92 Å². The second-order valence-corrected chi connectivity index (χ2v) is 8.56. The van der Waals surface area contributed by atoms with Crippen LogP contribution >= 0.6 is 0 Å². The number of amides is 4. The largest absolute Gasteiger partial charge is 0.380 e. The van der Waals surface area contributed by atoms with E-state index in [1.807, 2.05) is 6.92 Å². The summed E-state index contributed by atoms with van der Waals surface area (Å²) in [6.07, 6.45) is 2.60. The fourth-order valence-electron chi connectivity index (χ4n) is 3.35. The summed E-state index contributed by atoms with van der Waals surface area (Å²) in [7, 11) is 0. The minimum Gasteiger partial charge on any atom is -0.380 e. The minimum absolute atomic E-state index is 0.00364. The highest BCUT2D eigenvalue weighted by atomic mass is 19.3. The molecule has 0 radical (unpaired) electrons. The van der Waals surface area contributed by atoms with Gasteiger partial charge in [-0.1, -0.05) is 26.2 Å². The highest BCUT2D eigenvalue weighted by molar-refractivity contribution is 6.01. The van der Waals surface area contributed by atoms with Crippen LogP contribution in [-0.2, 0) is 33.5 Å². The molecule has 1 aliphatic heterocycles. The Kier molecular flexibility index (Phi) is 14.0. The van der Waals surface area contributed by atoms with Gasteiger partial charge in [-0.3, -0.25) is 19.2 Å². The Bertz CT molecular complexity index is 712. The Morgan fingerprint density at radius 3 is 2.26 bits per heavy atom. The SMILES string of the molecule is CCCCCC(CC(=O)NCCCOCCNC(=O)CCC(=O)ON1C(=O)CCC1=O)C(C)(F)F. The van der Waals surface area contributed by atoms with Crippen LogP contribution in [0.25, 0.3) is 0 Å². The summed E-state index contributed by atoms with van der Waals surface area (Å²) in [5.74, 6) is -6.71. The van der Waals surface area contributed by atoms with Gasteiger partial charge >= 0.3 is 5.97 Å². The second-order valence-electron chi connectivity index (χ2n) is 8.56. The zero-order valence-electron chi connectivity index (χ0n) is 20.5. The smallest absolute Gasteiger partial charge is 0.333 e. The Morgan fingerprint density at radius 2 is 1.63 bits per heavy atom. The third-order valence-electron chi connectivity index (χ3n) is 5.42. The van der Waals surface area contributed by atoms with Gasteiger partial charge in [-0.15, -0.1) is 5.06 Å². The summed E-state index contributed by atoms with van der Waals surface area (Å²) in [5.41, 5.74) is 0. The molecule has 1 saturated heterocycles. The Labute approximate surface area is 204 Å². The average molecular weight is 506 g/mol. The second kappa shape index (κ2) is 16.1. The maximum Gasteiger partial charge on any atom is 0.333 e. The summed E-state index contributed by atoms with van der Waals surface area (Å²) in [5, 5.41) is 5.62. The van der Waals surface area contributed by atoms with Crippen LogP contribution in [0.2, 0.25) is 0 Å². The number of unbranched alkanes of at least 4 members (excludes halogenated alkanes) is 2. The van der Waals surface area contributed by atoms with Gasteiger partial charge in [0.05, 0.1) is 13.0 Å². The van der Waals surface area contributed by atoms with E-state index in [-0.39, 0.29) is 45.3 Å². The van der Waals surface area contributed by atoms with E-state index in [1.54, 1.807) is 0 Å². The fraction of sp³-hybridized carbons (Fsp3) is 0.783. The molecule has 1 unspecified atom stereocenters. The lowest BCUT2D eigenvalue weighted by Gasteiger charge is -2.23. The summed E-state index contributed by atoms with van der Waals surface area (Å²) < 4.78 is 32.8. The number of hydrogen-bond acceptors (Lipinski definition) is 7. The lowest BCUT2D eigenvalue weighted by Crippen LogP contribution is -2.33. The zero-order valence-corrected chi connectivity index (χ0v) is 20.5. The van der Waals surface area contributed by atoms with Crippen molar-refractivity contribution < 1.29 is 42.3 Å². The maximum atomic E-state index is 13.7. The molecule has 4 amide bonds. The number of halogens is 2. The molecule has 1 heterocycles. The number of rotatable bonds is 18. The van der Waals surface area contributed by atoms with Crippen molar-refractivity contribution in [2.75, 3.05) is 26.3 Å². The fourth-order valence-corrected chi connectivity index (χ4v) is 3.35. The highest BCUT2D eigenvalue weighted by Crippen LogP contribution is 2.31. The monoisotopic (exact) mass is 505 g/mol. The van der Waals surface area contributed by atoms with Gasteiger partial charge in [0, 0.05) is 51.3 Å². The van der Waals surface area contributed by atoms with Gasteiger partial charge in [0.25, 0.3) is 11.8 Å². The van der Waals surface area contributed by atoms with Gasteiger partial charge in [-0.05, 0) is 19.8 Å². The van der Waals surface area contributed by atoms with Gasteiger partial charge < -0.3 is 20.2 Å². The minimum atomic E-state index is -2.90. The van der Waals surface area contributed by atoms with E-state index in [9.17, 15) is 32.8 Å². The summed E-state index contributed by atoms with van der Waals surface area (Å²) >= 11 is 0. The van der Waals surface area contributed by atoms with Crippen LogP contribution in [-0.4, -0.2) is 66.9 Å². The van der Waals surface area contributed by atoms with Crippen molar-refractivity contribution in [3.8, 4) is 0 Å². The molecule has 0 aliphatic carbocycles. The lowest BCUT2D eigenvalue weighted by atomic mass is 9.92. The number of hydrogen-bond donors (Lipinski definition) is 2. The van der Waals surface area contributed by atoms with Crippen molar-refractivity contribution in [1.29, 1.82) is 0 Å². The van der Waals surface area contributed by atoms with Crippen molar-refractivity contribution in [3.05, 3.63) is 0 Å². The van der Waals surface area contributed by atoms with Crippen LogP contribution in [0.15, 0.2) is 0 Å². The molecule has 0 aromatic heterocycles. The first-order valence-corrected chi connectivity index (χ1v) is 12.1. The number of ether oxygens (including phenoxy) is 1. The number of carbonyl (C=O) groups is 5. The Hall–Kier alpha value is -2.63. The van der Waals surface area contributed by atoms with Crippen molar-refractivity contribution >= 4 is 29.6 Å². The number of alkyl halides is 2. The molecule has 200 valence electrons. The molecular weight excluding hydrogens is 468 g/mol. The van der Waals surface area contributed by atoms with Crippen LogP contribution in [0.3, 0.4) is 0 Å². The molecule has 0 spiro atoms. The molecule has 0 saturated carbocycles. The highest BCUT2D eigenvalue weighted by Gasteiger charge is 2.35. The van der Waals surface area contributed by atoms with Crippen LogP contribution in [0, 0.1) is 5.92 Å². The molecule has 35 heavy (non-hydrogen) atoms. The predicted octanol–water partition coefficient (Wildman–Crippen LogP) is 2.25. The number of carbonyl (C=O) groups excluding carboxylic acids is 5. The van der Waals surface area contributed by atoms with Crippen LogP contribution < -0.4 is 10.6 Å². The first kappa shape index (κ1) is 30.4. The third-order valence-corrected chi connectivity index (χ3v) is 5.42. The van der Waals surface area contributed by atoms with E-state index < -0.39 is 41.4 Å². The predicted molar refractivity (Wildman–Crippen MR) is 121 cm³/mol. The number of nitrogens with one attached hydrogen (secondary N) is 2. The van der Waals surface area contributed by atoms with Gasteiger partial charge in [0.15, 0.2) is 0 Å². The van der Waals surface area contributed by atoms with Crippen molar-refractivity contribution in [1.82, 2.24) is 15.7 Å². The Balaban J connectivity index is 2.06. The maximum absolute atomic E-state index is 13.7. The number of nitrogens with zero attached hydrogens (tertiary/aromatic N) is 1. The van der Waals surface area contributed by atoms with Gasteiger partial charge in [-0.2, -0.15) is 0 Å².